The molecule has 1 aliphatic heterocycles. The first-order valence-electron chi connectivity index (χ1n) is 12.0. The van der Waals surface area contributed by atoms with E-state index in [4.69, 9.17) is 4.74 Å². The van der Waals surface area contributed by atoms with E-state index >= 15 is 0 Å². The number of ether oxygens (including phenoxy) is 1. The number of piperidine rings is 1. The standard InChI is InChI=1S/C25H34N2O5S/c1-6-32-22(30)19-15-8-7-14(2)13-17(15)33-20(19)26-18(28)10-12-27-21(29)16-9-11-25(5,23(27)31)24(16,3)4/h14,16H,6-13H2,1-5H3,(H,26,28). The average molecular weight is 475 g/mol. The van der Waals surface area contributed by atoms with Gasteiger partial charge in [0.1, 0.15) is 5.00 Å². The van der Waals surface area contributed by atoms with E-state index in [-0.39, 0.29) is 48.6 Å². The Balaban J connectivity index is 1.48. The SMILES string of the molecule is CCOC(=O)c1c(NC(=O)CCN2C(=O)C3CCC(C)(C2=O)C3(C)C)sc2c1CCC(C)C2. The molecule has 7 nitrogen and oxygen atoms in total. The van der Waals surface area contributed by atoms with Gasteiger partial charge >= 0.3 is 5.97 Å². The van der Waals surface area contributed by atoms with Crippen LogP contribution < -0.4 is 5.32 Å². The van der Waals surface area contributed by atoms with Gasteiger partial charge in [-0.3, -0.25) is 19.3 Å². The van der Waals surface area contributed by atoms with E-state index in [0.717, 1.165) is 29.7 Å². The van der Waals surface area contributed by atoms with Crippen molar-refractivity contribution in [3.05, 3.63) is 16.0 Å². The molecule has 180 valence electrons. The van der Waals surface area contributed by atoms with Crippen LogP contribution in [0.2, 0.25) is 0 Å². The summed E-state index contributed by atoms with van der Waals surface area (Å²) in [6.07, 6.45) is 4.08. The highest BCUT2D eigenvalue weighted by Crippen LogP contribution is 2.60. The molecule has 3 unspecified atom stereocenters. The number of esters is 1. The number of nitrogens with zero attached hydrogens (tertiary/aromatic N) is 1. The lowest BCUT2D eigenvalue weighted by atomic mass is 9.62. The third-order valence-corrected chi connectivity index (χ3v) is 9.48. The number of carbonyl (C=O) groups excluding carboxylic acids is 4. The molecule has 33 heavy (non-hydrogen) atoms. The number of nitrogens with one attached hydrogen (secondary N) is 1. The monoisotopic (exact) mass is 474 g/mol. The van der Waals surface area contributed by atoms with Crippen LogP contribution in [0.4, 0.5) is 5.00 Å². The second-order valence-electron chi connectivity index (χ2n) is 10.5. The van der Waals surface area contributed by atoms with E-state index in [0.29, 0.717) is 29.3 Å². The van der Waals surface area contributed by atoms with Crippen molar-refractivity contribution >= 4 is 40.0 Å². The molecule has 1 N–H and O–H groups in total. The van der Waals surface area contributed by atoms with Gasteiger partial charge in [0, 0.05) is 23.8 Å². The zero-order valence-electron chi connectivity index (χ0n) is 20.2. The van der Waals surface area contributed by atoms with Crippen molar-refractivity contribution in [1.29, 1.82) is 0 Å². The van der Waals surface area contributed by atoms with Crippen molar-refractivity contribution < 1.29 is 23.9 Å². The van der Waals surface area contributed by atoms with Gasteiger partial charge in [-0.15, -0.1) is 11.3 Å². The number of hydrogen-bond acceptors (Lipinski definition) is 6. The molecule has 3 amide bonds. The number of anilines is 1. The fraction of sp³-hybridized carbons (Fsp3) is 0.680. The van der Waals surface area contributed by atoms with Gasteiger partial charge in [-0.25, -0.2) is 4.79 Å². The number of imide groups is 1. The second kappa shape index (κ2) is 8.53. The Morgan fingerprint density at radius 2 is 1.94 bits per heavy atom. The number of fused-ring (bicyclic) bond motifs is 3. The number of likely N-dealkylation sites (tertiary alicyclic amines) is 1. The molecule has 1 saturated carbocycles. The maximum Gasteiger partial charge on any atom is 0.341 e. The van der Waals surface area contributed by atoms with E-state index in [9.17, 15) is 19.2 Å². The van der Waals surface area contributed by atoms with Crippen molar-refractivity contribution in [3.8, 4) is 0 Å². The highest BCUT2D eigenvalue weighted by Gasteiger charge is 2.64. The minimum atomic E-state index is -0.581. The number of hydrogen-bond donors (Lipinski definition) is 1. The van der Waals surface area contributed by atoms with Crippen molar-refractivity contribution in [2.75, 3.05) is 18.5 Å². The minimum absolute atomic E-state index is 0.00193. The molecule has 8 heteroatoms. The van der Waals surface area contributed by atoms with Gasteiger partial charge in [-0.2, -0.15) is 0 Å². The molecule has 1 aromatic rings. The van der Waals surface area contributed by atoms with Gasteiger partial charge in [0.25, 0.3) is 0 Å². The Hall–Kier alpha value is -2.22. The molecule has 2 fully saturated rings. The maximum absolute atomic E-state index is 13.2. The first kappa shape index (κ1) is 23.9. The van der Waals surface area contributed by atoms with Crippen LogP contribution in [0.3, 0.4) is 0 Å². The Kier molecular flexibility index (Phi) is 6.18. The van der Waals surface area contributed by atoms with Gasteiger partial charge in [0.05, 0.1) is 17.6 Å². The molecule has 4 rings (SSSR count). The van der Waals surface area contributed by atoms with Gasteiger partial charge < -0.3 is 10.1 Å². The fourth-order valence-corrected chi connectivity index (χ4v) is 7.19. The smallest absolute Gasteiger partial charge is 0.341 e. The van der Waals surface area contributed by atoms with Crippen LogP contribution in [0.15, 0.2) is 0 Å². The van der Waals surface area contributed by atoms with Crippen LogP contribution in [-0.2, 0) is 32.0 Å². The first-order chi connectivity index (χ1) is 15.5. The largest absolute Gasteiger partial charge is 0.462 e. The zero-order valence-corrected chi connectivity index (χ0v) is 21.0. The zero-order chi connectivity index (χ0) is 24.1. The first-order valence-corrected chi connectivity index (χ1v) is 12.8. The molecule has 2 heterocycles. The van der Waals surface area contributed by atoms with Gasteiger partial charge in [-0.1, -0.05) is 27.7 Å². The van der Waals surface area contributed by atoms with Crippen molar-refractivity contribution in [3.63, 3.8) is 0 Å². The summed E-state index contributed by atoms with van der Waals surface area (Å²) in [4.78, 5) is 54.1. The third-order valence-electron chi connectivity index (χ3n) is 8.31. The predicted octanol–water partition coefficient (Wildman–Crippen LogP) is 4.19. The quantitative estimate of drug-likeness (QED) is 0.493. The molecule has 2 aliphatic carbocycles. The lowest BCUT2D eigenvalue weighted by Crippen LogP contribution is -2.59. The Bertz CT molecular complexity index is 1010. The maximum atomic E-state index is 13.2. The summed E-state index contributed by atoms with van der Waals surface area (Å²) in [5.41, 5.74) is 0.499. The highest BCUT2D eigenvalue weighted by molar-refractivity contribution is 7.17. The molecular weight excluding hydrogens is 440 g/mol. The second-order valence-corrected chi connectivity index (χ2v) is 11.6. The van der Waals surface area contributed by atoms with Gasteiger partial charge in [-0.05, 0) is 55.9 Å². The van der Waals surface area contributed by atoms with Crippen LogP contribution in [0.5, 0.6) is 0 Å². The summed E-state index contributed by atoms with van der Waals surface area (Å²) in [6, 6.07) is 0. The van der Waals surface area contributed by atoms with Crippen LogP contribution in [0.25, 0.3) is 0 Å². The van der Waals surface area contributed by atoms with Crippen molar-refractivity contribution in [2.24, 2.45) is 22.7 Å². The summed E-state index contributed by atoms with van der Waals surface area (Å²) in [5.74, 6) is -0.716. The Morgan fingerprint density at radius 3 is 2.64 bits per heavy atom. The number of carbonyl (C=O) groups is 4. The lowest BCUT2D eigenvalue weighted by Gasteiger charge is -2.47. The average Bonchev–Trinajstić information content (AvgIpc) is 3.17. The molecular formula is C25H34N2O5S. The predicted molar refractivity (Wildman–Crippen MR) is 126 cm³/mol. The van der Waals surface area contributed by atoms with Crippen molar-refractivity contribution in [2.45, 2.75) is 73.1 Å². The summed E-state index contributed by atoms with van der Waals surface area (Å²) in [7, 11) is 0. The van der Waals surface area contributed by atoms with Crippen LogP contribution >= 0.6 is 11.3 Å². The normalized spacial score (nSPS) is 28.0. The third kappa shape index (κ3) is 3.80. The van der Waals surface area contributed by atoms with Crippen LogP contribution in [-0.4, -0.2) is 41.7 Å². The lowest BCUT2D eigenvalue weighted by molar-refractivity contribution is -0.167. The Morgan fingerprint density at radius 1 is 1.21 bits per heavy atom. The molecule has 3 atom stereocenters. The minimum Gasteiger partial charge on any atom is -0.462 e. The topological polar surface area (TPSA) is 92.8 Å². The molecule has 3 aliphatic rings. The van der Waals surface area contributed by atoms with Crippen molar-refractivity contribution in [1.82, 2.24) is 4.90 Å². The molecule has 0 radical (unpaired) electrons. The van der Waals surface area contributed by atoms with Gasteiger partial charge in [0.2, 0.25) is 17.7 Å². The highest BCUT2D eigenvalue weighted by atomic mass is 32.1. The van der Waals surface area contributed by atoms with E-state index < -0.39 is 11.4 Å². The summed E-state index contributed by atoms with van der Waals surface area (Å²) < 4.78 is 5.26. The molecule has 1 aromatic heterocycles. The summed E-state index contributed by atoms with van der Waals surface area (Å²) in [6.45, 7) is 10.2. The number of amides is 3. The van der Waals surface area contributed by atoms with Crippen LogP contribution in [0.1, 0.15) is 81.1 Å². The fourth-order valence-electron chi connectivity index (χ4n) is 5.77. The van der Waals surface area contributed by atoms with E-state index in [1.54, 1.807) is 6.92 Å². The van der Waals surface area contributed by atoms with E-state index in [2.05, 4.69) is 12.2 Å². The van der Waals surface area contributed by atoms with E-state index in [1.165, 1.54) is 16.2 Å². The summed E-state index contributed by atoms with van der Waals surface area (Å²) in [5, 5.41) is 3.40. The Labute approximate surface area is 199 Å². The van der Waals surface area contributed by atoms with Gasteiger partial charge in [0.15, 0.2) is 0 Å². The number of rotatable bonds is 6. The number of thiophene rings is 1. The molecule has 2 bridgehead atoms. The molecule has 0 spiro atoms. The van der Waals surface area contributed by atoms with E-state index in [1.807, 2.05) is 20.8 Å². The summed E-state index contributed by atoms with van der Waals surface area (Å²) >= 11 is 1.44. The molecule has 1 saturated heterocycles. The molecule has 0 aromatic carbocycles. The van der Waals surface area contributed by atoms with Crippen LogP contribution in [0, 0.1) is 22.7 Å².